The molecule has 0 bridgehead atoms. The fraction of sp³-hybridized carbons (Fsp3) is 0.625. The largest absolute Gasteiger partial charge is 0.479 e. The number of carbonyl (C=O) groups is 3. The Hall–Kier alpha value is -1.63. The van der Waals surface area contributed by atoms with Crippen molar-refractivity contribution in [3.8, 4) is 0 Å². The summed E-state index contributed by atoms with van der Waals surface area (Å²) >= 11 is 0. The van der Waals surface area contributed by atoms with E-state index in [0.29, 0.717) is 19.4 Å². The van der Waals surface area contributed by atoms with Gasteiger partial charge in [-0.25, -0.2) is 14.5 Å². The molecule has 1 atom stereocenters. The Balaban J connectivity index is 0.000000288. The number of hydrogen-bond donors (Lipinski definition) is 3. The average Bonchev–Trinajstić information content (AvgIpc) is 2.52. The number of nitrogens with zero attached hydrogens (tertiary/aromatic N) is 1. The Morgan fingerprint density at radius 3 is 2.00 bits per heavy atom. The monoisotopic (exact) mass is 219 g/mol. The lowest BCUT2D eigenvalue weighted by atomic mass is 10.4. The summed E-state index contributed by atoms with van der Waals surface area (Å²) in [7, 11) is 0. The Morgan fingerprint density at radius 2 is 1.87 bits per heavy atom. The highest BCUT2D eigenvalue weighted by atomic mass is 16.4. The van der Waals surface area contributed by atoms with Gasteiger partial charge in [-0.3, -0.25) is 4.79 Å². The normalized spacial score (nSPS) is 16.7. The second kappa shape index (κ2) is 5.97. The van der Waals surface area contributed by atoms with Crippen molar-refractivity contribution in [3.63, 3.8) is 0 Å². The smallest absolute Gasteiger partial charge is 0.414 e. The second-order valence-corrected chi connectivity index (χ2v) is 2.95. The van der Waals surface area contributed by atoms with Crippen LogP contribution in [0, 0.1) is 0 Å². The van der Waals surface area contributed by atoms with E-state index in [1.54, 1.807) is 0 Å². The lowest BCUT2D eigenvalue weighted by Gasteiger charge is -2.05. The minimum Gasteiger partial charge on any atom is -0.479 e. The van der Waals surface area contributed by atoms with E-state index >= 15 is 0 Å². The number of likely N-dealkylation sites (tertiary alicyclic amines) is 1. The van der Waals surface area contributed by atoms with Crippen LogP contribution in [0.15, 0.2) is 0 Å². The zero-order chi connectivity index (χ0) is 12.0. The molecule has 1 saturated heterocycles. The lowest BCUT2D eigenvalue weighted by molar-refractivity contribution is -0.145. The van der Waals surface area contributed by atoms with Crippen molar-refractivity contribution >= 4 is 18.0 Å². The van der Waals surface area contributed by atoms with Gasteiger partial charge >= 0.3 is 12.1 Å². The van der Waals surface area contributed by atoms with Crippen molar-refractivity contribution in [1.29, 1.82) is 0 Å². The topological polar surface area (TPSA) is 115 Å². The molecule has 1 fully saturated rings. The molecule has 1 aliphatic rings. The third-order valence-corrected chi connectivity index (χ3v) is 1.66. The Morgan fingerprint density at radius 1 is 1.40 bits per heavy atom. The van der Waals surface area contributed by atoms with Gasteiger partial charge in [0.2, 0.25) is 5.91 Å². The molecule has 0 aliphatic carbocycles. The molecular weight excluding hydrogens is 206 g/mol. The molecule has 0 saturated carbocycles. The summed E-state index contributed by atoms with van der Waals surface area (Å²) in [5, 5.41) is 24.1. The third kappa shape index (κ3) is 4.96. The van der Waals surface area contributed by atoms with Crippen LogP contribution in [0.3, 0.4) is 0 Å². The molecule has 0 radical (unpaired) electrons. The number of carbonyl (C=O) groups excluding carboxylic acids is 1. The first-order valence-corrected chi connectivity index (χ1v) is 4.30. The number of aliphatic carboxylic acids is 1. The Bertz CT molecular complexity index is 262. The molecular formula is C8H13NO6. The maximum atomic E-state index is 10.6. The van der Waals surface area contributed by atoms with E-state index in [0.717, 1.165) is 4.90 Å². The van der Waals surface area contributed by atoms with Crippen LogP contribution in [0.5, 0.6) is 0 Å². The average molecular weight is 219 g/mol. The van der Waals surface area contributed by atoms with Crippen LogP contribution < -0.4 is 0 Å². The summed E-state index contributed by atoms with van der Waals surface area (Å²) in [6.45, 7) is 1.57. The Kier molecular flexibility index (Phi) is 5.32. The summed E-state index contributed by atoms with van der Waals surface area (Å²) < 4.78 is 0. The van der Waals surface area contributed by atoms with Crippen molar-refractivity contribution in [3.05, 3.63) is 0 Å². The molecule has 1 heterocycles. The highest BCUT2D eigenvalue weighted by molar-refractivity contribution is 5.92. The van der Waals surface area contributed by atoms with Crippen molar-refractivity contribution in [1.82, 2.24) is 4.90 Å². The van der Waals surface area contributed by atoms with Crippen LogP contribution in [-0.2, 0) is 9.59 Å². The first kappa shape index (κ1) is 13.4. The van der Waals surface area contributed by atoms with Gasteiger partial charge in [-0.1, -0.05) is 0 Å². The molecule has 86 valence electrons. The minimum absolute atomic E-state index is 0.275. The van der Waals surface area contributed by atoms with Gasteiger partial charge in [0.1, 0.15) is 6.10 Å². The fourth-order valence-corrected chi connectivity index (χ4v) is 0.850. The molecule has 1 unspecified atom stereocenters. The maximum Gasteiger partial charge on any atom is 0.414 e. The molecule has 2 amide bonds. The molecule has 1 rings (SSSR count). The number of aliphatic hydroxyl groups excluding tert-OH is 1. The van der Waals surface area contributed by atoms with Gasteiger partial charge in [0, 0.05) is 13.0 Å². The van der Waals surface area contributed by atoms with Crippen LogP contribution in [-0.4, -0.2) is 50.8 Å². The number of rotatable bonds is 1. The first-order chi connectivity index (χ1) is 6.86. The van der Waals surface area contributed by atoms with E-state index in [-0.39, 0.29) is 5.91 Å². The zero-order valence-electron chi connectivity index (χ0n) is 8.21. The summed E-state index contributed by atoms with van der Waals surface area (Å²) in [6.07, 6.45) is -1.31. The maximum absolute atomic E-state index is 10.6. The van der Waals surface area contributed by atoms with E-state index in [1.165, 1.54) is 6.92 Å². The lowest BCUT2D eigenvalue weighted by Crippen LogP contribution is -2.29. The number of carboxylic acid groups (broad SMARTS) is 2. The van der Waals surface area contributed by atoms with Crippen LogP contribution >= 0.6 is 0 Å². The van der Waals surface area contributed by atoms with E-state index in [1.807, 2.05) is 0 Å². The highest BCUT2D eigenvalue weighted by Crippen LogP contribution is 2.08. The molecule has 7 heteroatoms. The fourth-order valence-electron chi connectivity index (χ4n) is 0.850. The van der Waals surface area contributed by atoms with Gasteiger partial charge < -0.3 is 15.3 Å². The number of carboxylic acids is 1. The SMILES string of the molecule is CC(O)C(=O)O.O=C(O)N1CCCC1=O. The molecule has 0 aromatic heterocycles. The Labute approximate surface area is 85.9 Å². The van der Waals surface area contributed by atoms with Gasteiger partial charge in [-0.2, -0.15) is 0 Å². The van der Waals surface area contributed by atoms with Gasteiger partial charge in [0.15, 0.2) is 0 Å². The molecule has 0 aromatic rings. The van der Waals surface area contributed by atoms with E-state index in [2.05, 4.69) is 0 Å². The van der Waals surface area contributed by atoms with E-state index in [9.17, 15) is 14.4 Å². The number of imide groups is 1. The van der Waals surface area contributed by atoms with Crippen LogP contribution in [0.2, 0.25) is 0 Å². The summed E-state index contributed by atoms with van der Waals surface area (Å²) in [5.41, 5.74) is 0. The van der Waals surface area contributed by atoms with E-state index < -0.39 is 18.2 Å². The standard InChI is InChI=1S/C5H7NO3.C3H6O3/c7-4-2-1-3-6(4)5(8)9;1-2(4)3(5)6/h1-3H2,(H,8,9);2,4H,1H3,(H,5,6). The van der Waals surface area contributed by atoms with Crippen molar-refractivity contribution in [2.45, 2.75) is 25.9 Å². The third-order valence-electron chi connectivity index (χ3n) is 1.66. The van der Waals surface area contributed by atoms with Gasteiger partial charge in [0.25, 0.3) is 0 Å². The molecule has 0 spiro atoms. The molecule has 7 nitrogen and oxygen atoms in total. The zero-order valence-corrected chi connectivity index (χ0v) is 8.21. The number of hydrogen-bond acceptors (Lipinski definition) is 4. The first-order valence-electron chi connectivity index (χ1n) is 4.30. The van der Waals surface area contributed by atoms with Gasteiger partial charge in [0.05, 0.1) is 0 Å². The second-order valence-electron chi connectivity index (χ2n) is 2.95. The highest BCUT2D eigenvalue weighted by Gasteiger charge is 2.25. The van der Waals surface area contributed by atoms with Gasteiger partial charge in [-0.15, -0.1) is 0 Å². The van der Waals surface area contributed by atoms with Crippen LogP contribution in [0.1, 0.15) is 19.8 Å². The number of amides is 2. The molecule has 0 aromatic carbocycles. The van der Waals surface area contributed by atoms with Crippen LogP contribution in [0.4, 0.5) is 4.79 Å². The summed E-state index contributed by atoms with van der Waals surface area (Å²) in [6, 6.07) is 0. The summed E-state index contributed by atoms with van der Waals surface area (Å²) in [5.74, 6) is -1.46. The molecule has 15 heavy (non-hydrogen) atoms. The minimum atomic E-state index is -1.23. The van der Waals surface area contributed by atoms with Gasteiger partial charge in [-0.05, 0) is 13.3 Å². The number of aliphatic hydroxyl groups is 1. The van der Waals surface area contributed by atoms with Crippen molar-refractivity contribution in [2.24, 2.45) is 0 Å². The predicted molar refractivity (Wildman–Crippen MR) is 48.3 cm³/mol. The molecule has 1 aliphatic heterocycles. The molecule has 3 N–H and O–H groups in total. The predicted octanol–water partition coefficient (Wildman–Crippen LogP) is -0.261. The van der Waals surface area contributed by atoms with Crippen LogP contribution in [0.25, 0.3) is 0 Å². The van der Waals surface area contributed by atoms with Crippen molar-refractivity contribution in [2.75, 3.05) is 6.54 Å². The summed E-state index contributed by atoms with van der Waals surface area (Å²) in [4.78, 5) is 31.0. The quantitative estimate of drug-likeness (QED) is 0.559. The van der Waals surface area contributed by atoms with Crippen molar-refractivity contribution < 1.29 is 29.7 Å². The van der Waals surface area contributed by atoms with E-state index in [4.69, 9.17) is 15.3 Å².